The third-order valence-corrected chi connectivity index (χ3v) is 3.03. The number of methoxy groups -OCH3 is 2. The number of anilines is 1. The maximum Gasteiger partial charge on any atom is 0.167 e. The highest BCUT2D eigenvalue weighted by molar-refractivity contribution is 5.57. The topological polar surface area (TPSA) is 53.7 Å². The zero-order valence-corrected chi connectivity index (χ0v) is 12.1. The number of benzene rings is 2. The van der Waals surface area contributed by atoms with Crippen molar-refractivity contribution >= 4 is 5.69 Å². The molecule has 0 saturated heterocycles. The van der Waals surface area contributed by atoms with Crippen LogP contribution in [0.2, 0.25) is 0 Å². The average Bonchev–Trinajstić information content (AvgIpc) is 2.49. The van der Waals surface area contributed by atoms with Gasteiger partial charge in [-0.1, -0.05) is 12.1 Å². The van der Waals surface area contributed by atoms with Crippen molar-refractivity contribution in [1.29, 1.82) is 0 Å². The molecule has 5 heteroatoms. The van der Waals surface area contributed by atoms with E-state index in [9.17, 15) is 4.39 Å². The molecule has 0 fully saturated rings. The highest BCUT2D eigenvalue weighted by Gasteiger charge is 2.10. The molecule has 0 bridgehead atoms. The van der Waals surface area contributed by atoms with E-state index in [0.29, 0.717) is 18.1 Å². The summed E-state index contributed by atoms with van der Waals surface area (Å²) in [5.74, 6) is 0.558. The second-order valence-electron chi connectivity index (χ2n) is 4.51. The largest absolute Gasteiger partial charge is 0.494 e. The zero-order valence-electron chi connectivity index (χ0n) is 12.1. The van der Waals surface area contributed by atoms with Gasteiger partial charge in [0.25, 0.3) is 0 Å². The van der Waals surface area contributed by atoms with Gasteiger partial charge in [-0.05, 0) is 24.1 Å². The van der Waals surface area contributed by atoms with Crippen molar-refractivity contribution in [3.8, 4) is 17.2 Å². The molecule has 2 aromatic rings. The average molecular weight is 291 g/mol. The summed E-state index contributed by atoms with van der Waals surface area (Å²) < 4.78 is 29.1. The normalized spacial score (nSPS) is 10.4. The molecule has 0 unspecified atom stereocenters. The number of nitrogens with two attached hydrogens (primary N) is 1. The van der Waals surface area contributed by atoms with E-state index in [4.69, 9.17) is 19.9 Å². The molecule has 0 aromatic heterocycles. The van der Waals surface area contributed by atoms with E-state index < -0.39 is 5.82 Å². The molecule has 21 heavy (non-hydrogen) atoms. The van der Waals surface area contributed by atoms with Gasteiger partial charge in [-0.3, -0.25) is 0 Å². The van der Waals surface area contributed by atoms with Gasteiger partial charge < -0.3 is 19.9 Å². The van der Waals surface area contributed by atoms with Crippen LogP contribution >= 0.6 is 0 Å². The summed E-state index contributed by atoms with van der Waals surface area (Å²) in [4.78, 5) is 0. The van der Waals surface area contributed by atoms with Gasteiger partial charge in [0.1, 0.15) is 5.75 Å². The van der Waals surface area contributed by atoms with Crippen LogP contribution in [0.1, 0.15) is 5.56 Å². The maximum atomic E-state index is 13.5. The molecule has 0 amide bonds. The van der Waals surface area contributed by atoms with Crippen LogP contribution in [0, 0.1) is 5.82 Å². The Balaban J connectivity index is 2.14. The molecule has 2 N–H and O–H groups in total. The van der Waals surface area contributed by atoms with Crippen molar-refractivity contribution in [3.63, 3.8) is 0 Å². The minimum atomic E-state index is -0.516. The molecule has 0 atom stereocenters. The van der Waals surface area contributed by atoms with Crippen LogP contribution in [0.5, 0.6) is 17.2 Å². The molecular formula is C16H18FNO3. The number of ether oxygens (including phenoxy) is 3. The molecule has 112 valence electrons. The van der Waals surface area contributed by atoms with Gasteiger partial charge in [-0.15, -0.1) is 0 Å². The molecule has 0 aliphatic rings. The van der Waals surface area contributed by atoms with Crippen molar-refractivity contribution in [1.82, 2.24) is 0 Å². The predicted molar refractivity (Wildman–Crippen MR) is 79.5 cm³/mol. The second-order valence-corrected chi connectivity index (χ2v) is 4.51. The summed E-state index contributed by atoms with van der Waals surface area (Å²) in [6.07, 6.45) is 0.837. The fourth-order valence-electron chi connectivity index (χ4n) is 1.87. The number of halogens is 1. The van der Waals surface area contributed by atoms with Crippen molar-refractivity contribution in [3.05, 3.63) is 47.8 Å². The standard InChI is InChI=1S/C16H18FNO3/c1-19-8-7-11-3-5-12(6-4-11)21-16-10-15(20-2)13(17)9-14(16)18/h3-6,9-10H,7-8,18H2,1-2H3. The Kier molecular flexibility index (Phi) is 5.00. The number of rotatable bonds is 6. The van der Waals surface area contributed by atoms with Crippen LogP contribution in [0.4, 0.5) is 10.1 Å². The SMILES string of the molecule is COCCc1ccc(Oc2cc(OC)c(F)cc2N)cc1. The first-order valence-corrected chi connectivity index (χ1v) is 6.52. The lowest BCUT2D eigenvalue weighted by Crippen LogP contribution is -1.97. The van der Waals surface area contributed by atoms with E-state index in [-0.39, 0.29) is 11.4 Å². The van der Waals surface area contributed by atoms with E-state index in [2.05, 4.69) is 0 Å². The lowest BCUT2D eigenvalue weighted by molar-refractivity contribution is 0.202. The Labute approximate surface area is 123 Å². The first-order chi connectivity index (χ1) is 10.1. The molecular weight excluding hydrogens is 273 g/mol. The smallest absolute Gasteiger partial charge is 0.167 e. The van der Waals surface area contributed by atoms with E-state index in [0.717, 1.165) is 12.0 Å². The first kappa shape index (κ1) is 15.1. The second kappa shape index (κ2) is 6.95. The molecule has 4 nitrogen and oxygen atoms in total. The fraction of sp³-hybridized carbons (Fsp3) is 0.250. The highest BCUT2D eigenvalue weighted by Crippen LogP contribution is 2.33. The van der Waals surface area contributed by atoms with Gasteiger partial charge in [0.15, 0.2) is 17.3 Å². The van der Waals surface area contributed by atoms with E-state index in [1.807, 2.05) is 24.3 Å². The fourth-order valence-corrected chi connectivity index (χ4v) is 1.87. The summed E-state index contributed by atoms with van der Waals surface area (Å²) in [6, 6.07) is 10.2. The van der Waals surface area contributed by atoms with Gasteiger partial charge >= 0.3 is 0 Å². The van der Waals surface area contributed by atoms with Crippen molar-refractivity contribution in [2.24, 2.45) is 0 Å². The molecule has 2 rings (SSSR count). The molecule has 0 heterocycles. The summed E-state index contributed by atoms with van der Waals surface area (Å²) in [5.41, 5.74) is 7.12. The summed E-state index contributed by atoms with van der Waals surface area (Å²) in [5, 5.41) is 0. The number of hydrogen-bond acceptors (Lipinski definition) is 4. The lowest BCUT2D eigenvalue weighted by Gasteiger charge is -2.11. The van der Waals surface area contributed by atoms with Crippen molar-refractivity contribution < 1.29 is 18.6 Å². The van der Waals surface area contributed by atoms with E-state index in [1.54, 1.807) is 7.11 Å². The highest BCUT2D eigenvalue weighted by atomic mass is 19.1. The number of nitrogen functional groups attached to an aromatic ring is 1. The van der Waals surface area contributed by atoms with Crippen LogP contribution < -0.4 is 15.2 Å². The minimum Gasteiger partial charge on any atom is -0.494 e. The quantitative estimate of drug-likeness (QED) is 0.829. The molecule has 0 radical (unpaired) electrons. The predicted octanol–water partition coefficient (Wildman–Crippen LogP) is 3.40. The minimum absolute atomic E-state index is 0.0934. The Morgan fingerprint density at radius 1 is 1.05 bits per heavy atom. The molecule has 2 aromatic carbocycles. The van der Waals surface area contributed by atoms with E-state index >= 15 is 0 Å². The van der Waals surface area contributed by atoms with Crippen LogP contribution in [-0.2, 0) is 11.2 Å². The van der Waals surface area contributed by atoms with Crippen LogP contribution in [0.3, 0.4) is 0 Å². The zero-order chi connectivity index (χ0) is 15.2. The van der Waals surface area contributed by atoms with Crippen molar-refractivity contribution in [2.45, 2.75) is 6.42 Å². The van der Waals surface area contributed by atoms with Crippen molar-refractivity contribution in [2.75, 3.05) is 26.6 Å². The van der Waals surface area contributed by atoms with Gasteiger partial charge in [-0.2, -0.15) is 0 Å². The molecule has 0 aliphatic heterocycles. The van der Waals surface area contributed by atoms with E-state index in [1.165, 1.54) is 19.2 Å². The maximum absolute atomic E-state index is 13.5. The van der Waals surface area contributed by atoms with Gasteiger partial charge in [0, 0.05) is 19.2 Å². The van der Waals surface area contributed by atoms with Gasteiger partial charge in [-0.25, -0.2) is 4.39 Å². The Morgan fingerprint density at radius 2 is 1.76 bits per heavy atom. The summed E-state index contributed by atoms with van der Waals surface area (Å²) in [7, 11) is 3.06. The molecule has 0 aliphatic carbocycles. The monoisotopic (exact) mass is 291 g/mol. The first-order valence-electron chi connectivity index (χ1n) is 6.52. The third-order valence-electron chi connectivity index (χ3n) is 3.03. The Bertz CT molecular complexity index is 599. The number of hydrogen-bond donors (Lipinski definition) is 1. The van der Waals surface area contributed by atoms with Crippen LogP contribution in [0.15, 0.2) is 36.4 Å². The Hall–Kier alpha value is -2.27. The molecule has 0 saturated carbocycles. The van der Waals surface area contributed by atoms with Crippen LogP contribution in [-0.4, -0.2) is 20.8 Å². The lowest BCUT2D eigenvalue weighted by atomic mass is 10.1. The van der Waals surface area contributed by atoms with Gasteiger partial charge in [0.05, 0.1) is 19.4 Å². The third kappa shape index (κ3) is 3.86. The summed E-state index contributed by atoms with van der Waals surface area (Å²) >= 11 is 0. The van der Waals surface area contributed by atoms with Gasteiger partial charge in [0.2, 0.25) is 0 Å². The Morgan fingerprint density at radius 3 is 2.38 bits per heavy atom. The van der Waals surface area contributed by atoms with Crippen LogP contribution in [0.25, 0.3) is 0 Å². The molecule has 0 spiro atoms. The summed E-state index contributed by atoms with van der Waals surface area (Å²) in [6.45, 7) is 0.669.